The lowest BCUT2D eigenvalue weighted by atomic mass is 10.3. The van der Waals surface area contributed by atoms with Crippen LogP contribution in [0.3, 0.4) is 0 Å². The van der Waals surface area contributed by atoms with E-state index < -0.39 is 18.7 Å². The van der Waals surface area contributed by atoms with Gasteiger partial charge in [-0.1, -0.05) is 17.7 Å². The number of thiophene rings is 1. The van der Waals surface area contributed by atoms with Crippen molar-refractivity contribution >= 4 is 34.5 Å². The number of ether oxygens (including phenoxy) is 1. The molecule has 1 heterocycles. The Morgan fingerprint density at radius 1 is 1.33 bits per heavy atom. The summed E-state index contributed by atoms with van der Waals surface area (Å²) in [6, 6.07) is 7.28. The molecule has 0 radical (unpaired) electrons. The van der Waals surface area contributed by atoms with Gasteiger partial charge in [-0.3, -0.25) is 4.79 Å². The molecule has 0 aliphatic rings. The highest BCUT2D eigenvalue weighted by Gasteiger charge is 2.29. The second kappa shape index (κ2) is 6.36. The van der Waals surface area contributed by atoms with E-state index >= 15 is 0 Å². The van der Waals surface area contributed by atoms with Crippen LogP contribution < -0.4 is 10.1 Å². The molecule has 1 amide bonds. The van der Waals surface area contributed by atoms with E-state index in [1.54, 1.807) is 17.5 Å². The lowest BCUT2D eigenvalue weighted by Crippen LogP contribution is -2.20. The van der Waals surface area contributed by atoms with Gasteiger partial charge in [0.2, 0.25) is 0 Å². The summed E-state index contributed by atoms with van der Waals surface area (Å²) >= 11 is 7.00. The molecule has 0 aliphatic heterocycles. The zero-order valence-electron chi connectivity index (χ0n) is 10.4. The molecule has 2 aromatic rings. The van der Waals surface area contributed by atoms with Crippen LogP contribution in [0.25, 0.3) is 0 Å². The molecule has 1 aromatic heterocycles. The standard InChI is InChI=1S/C13H9ClF3NO2S/c14-8-3-4-10(20-7-13(15,16)17)9(6-8)18-12(19)11-2-1-5-21-11/h1-6H,7H2,(H,18,19). The average Bonchev–Trinajstić information content (AvgIpc) is 2.90. The zero-order chi connectivity index (χ0) is 15.5. The van der Waals surface area contributed by atoms with Crippen molar-refractivity contribution in [1.29, 1.82) is 0 Å². The molecular formula is C13H9ClF3NO2S. The third-order valence-electron chi connectivity index (χ3n) is 2.33. The molecule has 0 saturated heterocycles. The molecule has 0 atom stereocenters. The molecule has 0 saturated carbocycles. The average molecular weight is 336 g/mol. The largest absolute Gasteiger partial charge is 0.482 e. The summed E-state index contributed by atoms with van der Waals surface area (Å²) in [4.78, 5) is 12.3. The Bertz CT molecular complexity index is 629. The number of hydrogen-bond acceptors (Lipinski definition) is 3. The van der Waals surface area contributed by atoms with Crippen molar-refractivity contribution in [1.82, 2.24) is 0 Å². The molecule has 8 heteroatoms. The summed E-state index contributed by atoms with van der Waals surface area (Å²) in [7, 11) is 0. The van der Waals surface area contributed by atoms with Crippen molar-refractivity contribution < 1.29 is 22.7 Å². The summed E-state index contributed by atoms with van der Waals surface area (Å²) < 4.78 is 41.3. The van der Waals surface area contributed by atoms with E-state index in [0.29, 0.717) is 4.88 Å². The summed E-state index contributed by atoms with van der Waals surface area (Å²) in [5.74, 6) is -0.536. The Hall–Kier alpha value is -1.73. The molecule has 0 aliphatic carbocycles. The summed E-state index contributed by atoms with van der Waals surface area (Å²) in [6.07, 6.45) is -4.46. The third-order valence-corrected chi connectivity index (χ3v) is 3.43. The molecule has 0 fully saturated rings. The Morgan fingerprint density at radius 2 is 2.10 bits per heavy atom. The lowest BCUT2D eigenvalue weighted by molar-refractivity contribution is -0.153. The molecule has 0 unspecified atom stereocenters. The van der Waals surface area contributed by atoms with Gasteiger partial charge in [-0.25, -0.2) is 0 Å². The molecule has 2 rings (SSSR count). The van der Waals surface area contributed by atoms with E-state index in [2.05, 4.69) is 10.1 Å². The number of alkyl halides is 3. The van der Waals surface area contributed by atoms with Crippen LogP contribution in [-0.4, -0.2) is 18.7 Å². The molecule has 21 heavy (non-hydrogen) atoms. The van der Waals surface area contributed by atoms with Crippen molar-refractivity contribution in [2.75, 3.05) is 11.9 Å². The minimum absolute atomic E-state index is 0.0881. The van der Waals surface area contributed by atoms with Gasteiger partial charge in [-0.2, -0.15) is 13.2 Å². The van der Waals surface area contributed by atoms with Gasteiger partial charge in [0.05, 0.1) is 10.6 Å². The summed E-state index contributed by atoms with van der Waals surface area (Å²) in [5, 5.41) is 4.47. The highest BCUT2D eigenvalue weighted by Crippen LogP contribution is 2.30. The molecular weight excluding hydrogens is 327 g/mol. The smallest absolute Gasteiger partial charge is 0.422 e. The summed E-state index contributed by atoms with van der Waals surface area (Å²) in [5.41, 5.74) is 0.0881. The summed E-state index contributed by atoms with van der Waals surface area (Å²) in [6.45, 7) is -1.45. The van der Waals surface area contributed by atoms with Crippen LogP contribution in [-0.2, 0) is 0 Å². The van der Waals surface area contributed by atoms with Gasteiger partial charge in [0, 0.05) is 5.02 Å². The SMILES string of the molecule is O=C(Nc1cc(Cl)ccc1OCC(F)(F)F)c1cccs1. The predicted octanol–water partition coefficient (Wildman–Crippen LogP) is 4.59. The number of carbonyl (C=O) groups is 1. The van der Waals surface area contributed by atoms with Gasteiger partial charge < -0.3 is 10.1 Å². The van der Waals surface area contributed by atoms with E-state index in [1.807, 2.05) is 0 Å². The minimum atomic E-state index is -4.46. The van der Waals surface area contributed by atoms with Crippen LogP contribution in [0.2, 0.25) is 5.02 Å². The van der Waals surface area contributed by atoms with Crippen molar-refractivity contribution in [2.45, 2.75) is 6.18 Å². The molecule has 1 N–H and O–H groups in total. The van der Waals surface area contributed by atoms with E-state index in [-0.39, 0.29) is 16.5 Å². The van der Waals surface area contributed by atoms with Crippen molar-refractivity contribution in [3.63, 3.8) is 0 Å². The minimum Gasteiger partial charge on any atom is -0.482 e. The molecule has 0 bridgehead atoms. The topological polar surface area (TPSA) is 38.3 Å². The first kappa shape index (κ1) is 15.7. The molecule has 0 spiro atoms. The van der Waals surface area contributed by atoms with Gasteiger partial charge in [-0.15, -0.1) is 11.3 Å². The number of carbonyl (C=O) groups excluding carboxylic acids is 1. The van der Waals surface area contributed by atoms with Crippen molar-refractivity contribution in [2.24, 2.45) is 0 Å². The third kappa shape index (κ3) is 4.64. The fourth-order valence-electron chi connectivity index (χ4n) is 1.48. The molecule has 112 valence electrons. The number of rotatable bonds is 4. The van der Waals surface area contributed by atoms with E-state index in [0.717, 1.165) is 0 Å². The first-order valence-electron chi connectivity index (χ1n) is 5.69. The van der Waals surface area contributed by atoms with Gasteiger partial charge in [0.15, 0.2) is 6.61 Å². The van der Waals surface area contributed by atoms with Crippen LogP contribution in [0, 0.1) is 0 Å². The second-order valence-electron chi connectivity index (χ2n) is 3.98. The fraction of sp³-hybridized carbons (Fsp3) is 0.154. The molecule has 1 aromatic carbocycles. The number of anilines is 1. The lowest BCUT2D eigenvalue weighted by Gasteiger charge is -2.14. The van der Waals surface area contributed by atoms with Crippen LogP contribution in [0.4, 0.5) is 18.9 Å². The normalized spacial score (nSPS) is 11.2. The number of halogens is 4. The first-order valence-corrected chi connectivity index (χ1v) is 6.95. The Labute approximate surface area is 127 Å². The maximum absolute atomic E-state index is 12.2. The van der Waals surface area contributed by atoms with E-state index in [1.165, 1.54) is 29.5 Å². The first-order chi connectivity index (χ1) is 9.85. The van der Waals surface area contributed by atoms with Crippen LogP contribution in [0.15, 0.2) is 35.7 Å². The van der Waals surface area contributed by atoms with Crippen LogP contribution in [0.5, 0.6) is 5.75 Å². The number of hydrogen-bond donors (Lipinski definition) is 1. The van der Waals surface area contributed by atoms with Crippen molar-refractivity contribution in [3.8, 4) is 5.75 Å². The highest BCUT2D eigenvalue weighted by molar-refractivity contribution is 7.12. The Morgan fingerprint density at radius 3 is 2.71 bits per heavy atom. The Kier molecular flexibility index (Phi) is 4.74. The van der Waals surface area contributed by atoms with E-state index in [9.17, 15) is 18.0 Å². The van der Waals surface area contributed by atoms with Gasteiger partial charge in [0.25, 0.3) is 5.91 Å². The van der Waals surface area contributed by atoms with Gasteiger partial charge in [0.1, 0.15) is 5.75 Å². The number of amides is 1. The zero-order valence-corrected chi connectivity index (χ0v) is 12.0. The van der Waals surface area contributed by atoms with Gasteiger partial charge in [-0.05, 0) is 29.6 Å². The monoisotopic (exact) mass is 335 g/mol. The maximum atomic E-state index is 12.2. The highest BCUT2D eigenvalue weighted by atomic mass is 35.5. The number of nitrogens with one attached hydrogen (secondary N) is 1. The predicted molar refractivity (Wildman–Crippen MR) is 75.3 cm³/mol. The quantitative estimate of drug-likeness (QED) is 0.887. The fourth-order valence-corrected chi connectivity index (χ4v) is 2.27. The maximum Gasteiger partial charge on any atom is 0.422 e. The van der Waals surface area contributed by atoms with Crippen LogP contribution in [0.1, 0.15) is 9.67 Å². The second-order valence-corrected chi connectivity index (χ2v) is 5.36. The number of benzene rings is 1. The Balaban J connectivity index is 2.17. The van der Waals surface area contributed by atoms with Crippen molar-refractivity contribution in [3.05, 3.63) is 45.6 Å². The van der Waals surface area contributed by atoms with Gasteiger partial charge >= 0.3 is 6.18 Å². The van der Waals surface area contributed by atoms with E-state index in [4.69, 9.17) is 11.6 Å². The van der Waals surface area contributed by atoms with Crippen LogP contribution >= 0.6 is 22.9 Å². The molecule has 3 nitrogen and oxygen atoms in total.